The molecule has 0 aliphatic rings. The Morgan fingerprint density at radius 3 is 1.80 bits per heavy atom. The van der Waals surface area contributed by atoms with Crippen molar-refractivity contribution in [2.24, 2.45) is 5.92 Å². The first kappa shape index (κ1) is 24.1. The minimum absolute atomic E-state index is 0.00486. The highest BCUT2D eigenvalue weighted by Gasteiger charge is 2.50. The molecular formula is C26H37NO2Si. The zero-order valence-corrected chi connectivity index (χ0v) is 20.5. The third-order valence-electron chi connectivity index (χ3n) is 5.49. The Morgan fingerprint density at radius 2 is 1.43 bits per heavy atom. The van der Waals surface area contributed by atoms with Gasteiger partial charge in [0.1, 0.15) is 0 Å². The zero-order valence-electron chi connectivity index (χ0n) is 19.5. The van der Waals surface area contributed by atoms with E-state index in [0.29, 0.717) is 12.5 Å². The van der Waals surface area contributed by atoms with E-state index < -0.39 is 8.32 Å². The molecule has 2 aromatic carbocycles. The predicted octanol–water partition coefficient (Wildman–Crippen LogP) is 4.67. The van der Waals surface area contributed by atoms with Gasteiger partial charge in [0.15, 0.2) is 0 Å². The van der Waals surface area contributed by atoms with Crippen molar-refractivity contribution in [3.05, 3.63) is 72.3 Å². The first-order valence-corrected chi connectivity index (χ1v) is 12.7. The van der Waals surface area contributed by atoms with Crippen LogP contribution >= 0.6 is 0 Å². The van der Waals surface area contributed by atoms with E-state index in [2.05, 4.69) is 114 Å². The number of amides is 1. The lowest BCUT2D eigenvalue weighted by atomic mass is 10.0. The van der Waals surface area contributed by atoms with Gasteiger partial charge in [-0.15, -0.1) is 0 Å². The maximum Gasteiger partial charge on any atom is 0.261 e. The molecule has 162 valence electrons. The Bertz CT molecular complexity index is 799. The Kier molecular flexibility index (Phi) is 8.22. The highest BCUT2D eigenvalue weighted by Crippen LogP contribution is 2.37. The molecule has 4 heteroatoms. The van der Waals surface area contributed by atoms with Gasteiger partial charge < -0.3 is 9.74 Å². The first-order chi connectivity index (χ1) is 14.1. The van der Waals surface area contributed by atoms with Crippen LogP contribution in [0.1, 0.15) is 48.5 Å². The minimum atomic E-state index is -2.55. The number of benzene rings is 2. The van der Waals surface area contributed by atoms with Crippen molar-refractivity contribution < 1.29 is 9.22 Å². The summed E-state index contributed by atoms with van der Waals surface area (Å²) in [7, 11) is -2.55. The lowest BCUT2D eigenvalue weighted by Gasteiger charge is -2.43. The van der Waals surface area contributed by atoms with Crippen molar-refractivity contribution in [1.29, 1.82) is 0 Å². The van der Waals surface area contributed by atoms with Gasteiger partial charge >= 0.3 is 0 Å². The van der Waals surface area contributed by atoms with Gasteiger partial charge in [0.25, 0.3) is 8.32 Å². The lowest BCUT2D eigenvalue weighted by molar-refractivity contribution is -0.119. The molecule has 0 aliphatic heterocycles. The van der Waals surface area contributed by atoms with E-state index in [-0.39, 0.29) is 17.0 Å². The average molecular weight is 424 g/mol. The minimum Gasteiger partial charge on any atom is -0.403 e. The van der Waals surface area contributed by atoms with Crippen molar-refractivity contribution in [2.45, 2.75) is 59.5 Å². The van der Waals surface area contributed by atoms with E-state index in [9.17, 15) is 4.79 Å². The smallest absolute Gasteiger partial charge is 0.261 e. The number of carbonyl (C=O) groups excluding carboxylic acids is 1. The standard InChI is InChI=1S/C26H37NO2Si/c1-20(2)25(27-22(4)28)18-21(3)19-29-30(26(5,6)7,23-14-10-8-11-15-23)24-16-12-9-13-17-24/h8-18,20,25H,19H2,1-7H3,(H,27,28)/b21-18-/t25-/m1/s1. The van der Waals surface area contributed by atoms with Crippen molar-refractivity contribution in [1.82, 2.24) is 5.32 Å². The maximum absolute atomic E-state index is 11.6. The van der Waals surface area contributed by atoms with E-state index in [1.165, 1.54) is 10.4 Å². The largest absolute Gasteiger partial charge is 0.403 e. The van der Waals surface area contributed by atoms with Crippen LogP contribution in [0.2, 0.25) is 5.04 Å². The summed E-state index contributed by atoms with van der Waals surface area (Å²) in [4.78, 5) is 11.6. The van der Waals surface area contributed by atoms with Gasteiger partial charge in [-0.3, -0.25) is 4.79 Å². The van der Waals surface area contributed by atoms with Crippen LogP contribution in [0.4, 0.5) is 0 Å². The normalized spacial score (nSPS) is 13.9. The second-order valence-electron chi connectivity index (χ2n) is 9.44. The number of carbonyl (C=O) groups is 1. The van der Waals surface area contributed by atoms with Crippen LogP contribution in [0.3, 0.4) is 0 Å². The number of hydrogen-bond acceptors (Lipinski definition) is 2. The molecule has 0 heterocycles. The van der Waals surface area contributed by atoms with Gasteiger partial charge in [0.2, 0.25) is 5.91 Å². The van der Waals surface area contributed by atoms with Gasteiger partial charge in [-0.1, -0.05) is 107 Å². The molecule has 0 radical (unpaired) electrons. The molecule has 0 fully saturated rings. The highest BCUT2D eigenvalue weighted by atomic mass is 28.4. The van der Waals surface area contributed by atoms with Crippen LogP contribution in [-0.2, 0) is 9.22 Å². The fourth-order valence-electron chi connectivity index (χ4n) is 3.97. The molecule has 1 N–H and O–H groups in total. The summed E-state index contributed by atoms with van der Waals surface area (Å²) in [5.41, 5.74) is 1.13. The molecule has 30 heavy (non-hydrogen) atoms. The molecule has 0 saturated carbocycles. The van der Waals surface area contributed by atoms with E-state index in [4.69, 9.17) is 4.43 Å². The lowest BCUT2D eigenvalue weighted by Crippen LogP contribution is -2.66. The molecule has 0 unspecified atom stereocenters. The van der Waals surface area contributed by atoms with E-state index in [1.807, 2.05) is 0 Å². The molecule has 0 aromatic heterocycles. The molecule has 0 aliphatic carbocycles. The molecule has 0 spiro atoms. The van der Waals surface area contributed by atoms with Crippen LogP contribution < -0.4 is 15.7 Å². The summed E-state index contributed by atoms with van der Waals surface area (Å²) in [5.74, 6) is 0.308. The van der Waals surface area contributed by atoms with Crippen LogP contribution in [-0.4, -0.2) is 26.9 Å². The fraction of sp³-hybridized carbons (Fsp3) is 0.423. The third-order valence-corrected chi connectivity index (χ3v) is 10.5. The molecule has 0 saturated heterocycles. The SMILES string of the molecule is CC(=O)N[C@H](/C=C(/C)CO[Si](c1ccccc1)(c1ccccc1)C(C)(C)C)C(C)C. The number of hydrogen-bond donors (Lipinski definition) is 1. The molecule has 2 rings (SSSR count). The Morgan fingerprint density at radius 1 is 0.967 bits per heavy atom. The van der Waals surface area contributed by atoms with Crippen molar-refractivity contribution in [3.8, 4) is 0 Å². The summed E-state index contributed by atoms with van der Waals surface area (Å²) >= 11 is 0. The molecule has 1 atom stereocenters. The average Bonchev–Trinajstić information content (AvgIpc) is 2.68. The molecule has 3 nitrogen and oxygen atoms in total. The summed E-state index contributed by atoms with van der Waals surface area (Å²) in [6.07, 6.45) is 2.14. The van der Waals surface area contributed by atoms with Gasteiger partial charge in [0, 0.05) is 13.0 Å². The van der Waals surface area contributed by atoms with Gasteiger partial charge in [-0.25, -0.2) is 0 Å². The molecular weight excluding hydrogens is 386 g/mol. The number of nitrogens with one attached hydrogen (secondary N) is 1. The highest BCUT2D eigenvalue weighted by molar-refractivity contribution is 6.99. The Hall–Kier alpha value is -2.17. The Balaban J connectivity index is 2.46. The predicted molar refractivity (Wildman–Crippen MR) is 130 cm³/mol. The van der Waals surface area contributed by atoms with E-state index >= 15 is 0 Å². The summed E-state index contributed by atoms with van der Waals surface area (Å²) in [6.45, 7) is 15.3. The summed E-state index contributed by atoms with van der Waals surface area (Å²) in [6, 6.07) is 21.3. The second-order valence-corrected chi connectivity index (χ2v) is 13.7. The Labute approximate surface area is 183 Å². The van der Waals surface area contributed by atoms with Gasteiger partial charge in [0.05, 0.1) is 6.61 Å². The van der Waals surface area contributed by atoms with Gasteiger partial charge in [-0.05, 0) is 28.3 Å². The summed E-state index contributed by atoms with van der Waals surface area (Å²) < 4.78 is 6.97. The topological polar surface area (TPSA) is 38.3 Å². The van der Waals surface area contributed by atoms with Crippen molar-refractivity contribution in [2.75, 3.05) is 6.61 Å². The molecule has 1 amide bonds. The molecule has 2 aromatic rings. The third kappa shape index (κ3) is 5.70. The number of rotatable bonds is 8. The van der Waals surface area contributed by atoms with Crippen molar-refractivity contribution >= 4 is 24.6 Å². The van der Waals surface area contributed by atoms with Crippen LogP contribution in [0.15, 0.2) is 72.3 Å². The van der Waals surface area contributed by atoms with Gasteiger partial charge in [-0.2, -0.15) is 0 Å². The molecule has 0 bridgehead atoms. The van der Waals surface area contributed by atoms with Crippen molar-refractivity contribution in [3.63, 3.8) is 0 Å². The van der Waals surface area contributed by atoms with Crippen LogP contribution in [0.5, 0.6) is 0 Å². The summed E-state index contributed by atoms with van der Waals surface area (Å²) in [5, 5.41) is 5.54. The van der Waals surface area contributed by atoms with Crippen LogP contribution in [0, 0.1) is 5.92 Å². The second kappa shape index (κ2) is 10.2. The quantitative estimate of drug-likeness (QED) is 0.495. The maximum atomic E-state index is 11.6. The van der Waals surface area contributed by atoms with Crippen LogP contribution in [0.25, 0.3) is 0 Å². The monoisotopic (exact) mass is 423 g/mol. The van der Waals surface area contributed by atoms with E-state index in [1.54, 1.807) is 6.92 Å². The first-order valence-electron chi connectivity index (χ1n) is 10.8. The fourth-order valence-corrected chi connectivity index (χ4v) is 8.57. The zero-order chi connectivity index (χ0) is 22.4. The van der Waals surface area contributed by atoms with E-state index in [0.717, 1.165) is 5.57 Å².